The number of nitrogens with zero attached hydrogens (tertiary/aromatic N) is 4. The zero-order chi connectivity index (χ0) is 95.6. The lowest BCUT2D eigenvalue weighted by atomic mass is 10.1. The topological polar surface area (TPSA) is 494 Å². The van der Waals surface area contributed by atoms with Gasteiger partial charge in [0.2, 0.25) is 46.7 Å². The van der Waals surface area contributed by atoms with Crippen LogP contribution in [-0.4, -0.2) is 140 Å². The summed E-state index contributed by atoms with van der Waals surface area (Å²) >= 11 is 0. The van der Waals surface area contributed by atoms with E-state index in [1.54, 1.807) is 85.1 Å². The van der Waals surface area contributed by atoms with Crippen LogP contribution in [0.2, 0.25) is 0 Å². The zero-order valence-electron chi connectivity index (χ0n) is 71.6. The van der Waals surface area contributed by atoms with Crippen molar-refractivity contribution in [2.75, 3.05) is 26.3 Å². The number of aryl methyl sites for hydroxylation is 8. The number of hydrogen-bond donors (Lipinski definition) is 8. The molecule has 8 N–H and O–H groups in total. The number of ether oxygens (including phenoxy) is 4. The maximum absolute atomic E-state index is 15.8. The highest BCUT2D eigenvalue weighted by Crippen LogP contribution is 2.61. The van der Waals surface area contributed by atoms with E-state index in [1.165, 1.54) is 0 Å². The van der Waals surface area contributed by atoms with E-state index in [4.69, 9.17) is 81.5 Å². The number of nitrogens with one attached hydrogen (secondary N) is 4. The van der Waals surface area contributed by atoms with Gasteiger partial charge in [-0.3, -0.25) is 84.0 Å². The second-order valence-corrected chi connectivity index (χ2v) is 35.4. The molecule has 16 rings (SSSR count). The number of aliphatic hydroxyl groups excluding tert-OH is 4. The number of phosphoric ester groups is 4. The van der Waals surface area contributed by atoms with Gasteiger partial charge in [-0.2, -0.15) is 17.6 Å². The molecule has 0 bridgehead atoms. The van der Waals surface area contributed by atoms with Crippen molar-refractivity contribution in [3.05, 3.63) is 238 Å². The minimum atomic E-state index is -4.73. The molecule has 4 aromatic carbocycles. The van der Waals surface area contributed by atoms with Gasteiger partial charge in [0.25, 0.3) is 22.6 Å². The number of fused-ring (bicyclic) bond motifs is 4. The van der Waals surface area contributed by atoms with Crippen LogP contribution >= 0.6 is 31.3 Å². The number of hydrogen-bond acceptors (Lipinski definition) is 32. The molecule has 16 atom stereocenters. The lowest BCUT2D eigenvalue weighted by Crippen LogP contribution is -2.46. The van der Waals surface area contributed by atoms with Crippen LogP contribution in [0.3, 0.4) is 0 Å². The van der Waals surface area contributed by atoms with Crippen LogP contribution in [0.4, 0.5) is 35.1 Å². The van der Waals surface area contributed by atoms with Crippen LogP contribution in [0.15, 0.2) is 120 Å². The van der Waals surface area contributed by atoms with E-state index >= 15 is 17.6 Å². The average Bonchev–Trinajstić information content (AvgIpc) is 1.56. The summed E-state index contributed by atoms with van der Waals surface area (Å²) in [7, 11) is -17.9. The number of carbonyl (C=O) groups is 1. The lowest BCUT2D eigenvalue weighted by molar-refractivity contribution is -0.184. The van der Waals surface area contributed by atoms with Crippen LogP contribution in [0.1, 0.15) is 119 Å². The predicted molar refractivity (Wildman–Crippen MR) is 405 cm³/mol. The summed E-state index contributed by atoms with van der Waals surface area (Å²) in [4.78, 5) is 86.1. The molecular weight excluding hydrogens is 1760 g/mol. The molecule has 4 unspecified atom stereocenters. The van der Waals surface area contributed by atoms with Crippen molar-refractivity contribution in [1.82, 2.24) is 38.9 Å². The van der Waals surface area contributed by atoms with Gasteiger partial charge < -0.3 is 67.7 Å². The summed E-state index contributed by atoms with van der Waals surface area (Å²) in [6, 6.07) is 14.0. The SMILES string of the molecule is Cc1cc(C)c2c(c1)COP(=O)(OC[C@]1(F)C[C@@H](O)[C@H](n3cc(F)c(=O)[nH]c3=O)O1)O2.[2H]C([2H])(OP1(=O)OCc2cc(C)cc(C)c2O1)[C@]1(F)C[C@@H](O)[C@H](n2cc(F)c(=O)[nH]c2=O)O1.[2H]C([2H])(OP1(=O)OCc2cc(C)cc(C)c2O1)[C@]1(F)C[C@@H](O)[C@]([2H])(N2C=C(F)C(=O)NC2=C)O1.[2H][C@@]1(n2cc(F)c(=O)[nH]c2=O)O[C@](F)(COP2(=O)OCc3cc(C)cc(C)c3O2)C[C@H]1O. The molecule has 1 amide bonds. The van der Waals surface area contributed by atoms with Crippen molar-refractivity contribution in [2.45, 2.75) is 180 Å². The second-order valence-electron chi connectivity index (χ2n) is 29.2. The Kier molecular flexibility index (Phi) is 23.8. The van der Waals surface area contributed by atoms with E-state index in [9.17, 15) is 89.8 Å². The van der Waals surface area contributed by atoms with E-state index in [2.05, 4.69) is 6.58 Å². The molecule has 51 heteroatoms. The fraction of sp³-hybridized carbons (Fsp3) is 0.438. The van der Waals surface area contributed by atoms with Crippen LogP contribution in [0.5, 0.6) is 23.0 Å². The van der Waals surface area contributed by atoms with Gasteiger partial charge in [-0.15, -0.1) is 0 Å². The van der Waals surface area contributed by atoms with Crippen LogP contribution < -0.4 is 57.2 Å². The fourth-order valence-corrected chi connectivity index (χ4v) is 18.6. The number of amides is 1. The van der Waals surface area contributed by atoms with Crippen LogP contribution in [0.25, 0.3) is 0 Å². The summed E-state index contributed by atoms with van der Waals surface area (Å²) in [5.74, 6) is -19.0. The Morgan fingerprint density at radius 3 is 1.14 bits per heavy atom. The number of benzene rings is 4. The molecule has 4 fully saturated rings. The van der Waals surface area contributed by atoms with Crippen LogP contribution in [0, 0.1) is 72.8 Å². The quantitative estimate of drug-likeness (QED) is 0.0331. The normalized spacial score (nSPS) is 32.9. The molecule has 0 radical (unpaired) electrons. The molecule has 0 saturated carbocycles. The molecule has 9 aliphatic rings. The van der Waals surface area contributed by atoms with Gasteiger partial charge in [-0.05, 0) is 77.6 Å². The number of H-pyrrole nitrogens is 3. The summed E-state index contributed by atoms with van der Waals surface area (Å²) < 4.78 is 299. The highest BCUT2D eigenvalue weighted by atomic mass is 31.2. The number of aliphatic hydroxyl groups is 4. The van der Waals surface area contributed by atoms with Crippen molar-refractivity contribution in [1.29, 1.82) is 0 Å². The molecule has 4 saturated heterocycles. The average molecular weight is 1850 g/mol. The van der Waals surface area contributed by atoms with Crippen molar-refractivity contribution >= 4 is 37.2 Å². The number of aromatic nitrogens is 6. The number of halogens is 8. The zero-order valence-corrected chi connectivity index (χ0v) is 69.2. The van der Waals surface area contributed by atoms with Crippen molar-refractivity contribution in [3.63, 3.8) is 0 Å². The van der Waals surface area contributed by atoms with E-state index in [-0.39, 0.29) is 48.2 Å². The van der Waals surface area contributed by atoms with Gasteiger partial charge in [0.1, 0.15) is 79.6 Å². The van der Waals surface area contributed by atoms with E-state index in [1.807, 2.05) is 39.1 Å². The van der Waals surface area contributed by atoms with E-state index in [0.717, 1.165) is 22.3 Å². The molecule has 0 aliphatic carbocycles. The summed E-state index contributed by atoms with van der Waals surface area (Å²) in [5.41, 5.74) is 0.895. The first-order chi connectivity index (χ1) is 60.1. The maximum Gasteiger partial charge on any atom is 0.530 e. The fourth-order valence-electron chi connectivity index (χ4n) is 13.6. The van der Waals surface area contributed by atoms with Gasteiger partial charge in [-0.1, -0.05) is 77.4 Å². The summed E-state index contributed by atoms with van der Waals surface area (Å²) in [6.07, 6.45) is -19.0. The highest BCUT2D eigenvalue weighted by molar-refractivity contribution is 7.49. The Labute approximate surface area is 701 Å². The molecule has 124 heavy (non-hydrogen) atoms. The molecule has 9 aliphatic heterocycles. The van der Waals surface area contributed by atoms with E-state index in [0.29, 0.717) is 89.1 Å². The standard InChI is InChI=1S/C19H21F2N2O7P.3C18H19F2N2O8P/c1-10-4-11(2)16-13(5-10)8-27-31(26,30-16)28-9-19(21)6-15(24)18(29-19)23-7-14(20)17(25)22-12(23)3;3*1-9-3-10(2)14-11(4-9)7-27-31(26,30-14)28-8-18(20)5-13(23)16(29-18)22-6-12(19)15(24)21-17(22)25/h4-5,7,15,18,24H,3,6,8-9H2,1-2H3,(H,22,25);3*3-4,6,13,16,23H,5,7-8H2,1-2H3,(H,21,24,25)/t15-,18-,19+,31?;3*13-,16-,18+,31?/m1111/s1/i9D2,18D;16D;8D2;. The van der Waals surface area contributed by atoms with Crippen molar-refractivity contribution < 1.29 is 160 Å². The molecule has 39 nitrogen and oxygen atoms in total. The van der Waals surface area contributed by atoms with Gasteiger partial charge in [0, 0.05) is 54.1 Å². The van der Waals surface area contributed by atoms with Gasteiger partial charge in [0.15, 0.2) is 24.9 Å². The van der Waals surface area contributed by atoms with Crippen molar-refractivity contribution in [3.8, 4) is 23.0 Å². The maximum atomic E-state index is 15.8. The minimum absolute atomic E-state index is 0.0768. The number of phosphoric acid groups is 4. The molecule has 672 valence electrons. The van der Waals surface area contributed by atoms with E-state index < -0.39 is 225 Å². The number of carbonyl (C=O) groups excluding carboxylic acids is 1. The number of alkyl halides is 4. The molecule has 7 aromatic rings. The third kappa shape index (κ3) is 20.3. The Bertz CT molecular complexity index is 6400. The first kappa shape index (κ1) is 84.1. The number of aromatic amines is 3. The summed E-state index contributed by atoms with van der Waals surface area (Å²) in [5, 5.41) is 42.9. The van der Waals surface area contributed by atoms with Gasteiger partial charge in [0.05, 0.1) is 53.2 Å². The van der Waals surface area contributed by atoms with Gasteiger partial charge >= 0.3 is 48.4 Å². The first-order valence-electron chi connectivity index (χ1n) is 39.5. The lowest BCUT2D eigenvalue weighted by Gasteiger charge is -2.33. The molecule has 0 spiro atoms. The van der Waals surface area contributed by atoms with Crippen LogP contribution in [-0.2, 0) is 105 Å². The third-order valence-corrected chi connectivity index (χ3v) is 23.9. The first-order valence-corrected chi connectivity index (χ1v) is 42.3. The van der Waals surface area contributed by atoms with Crippen molar-refractivity contribution in [2.24, 2.45) is 0 Å². The minimum Gasteiger partial charge on any atom is -0.403 e. The third-order valence-electron chi connectivity index (χ3n) is 18.9. The smallest absolute Gasteiger partial charge is 0.403 e. The summed E-state index contributed by atoms with van der Waals surface area (Å²) in [6.45, 7) is 7.70. The Morgan fingerprint density at radius 2 is 0.750 bits per heavy atom. The molecule has 12 heterocycles. The second kappa shape index (κ2) is 35.1. The largest absolute Gasteiger partial charge is 0.530 e. The predicted octanol–water partition coefficient (Wildman–Crippen LogP) is 8.74. The highest BCUT2D eigenvalue weighted by Gasteiger charge is 2.56. The number of rotatable bonds is 16. The van der Waals surface area contributed by atoms with Gasteiger partial charge in [-0.25, -0.2) is 50.2 Å². The Hall–Kier alpha value is -9.41. The Balaban J connectivity index is 0.000000148. The Morgan fingerprint density at radius 1 is 0.452 bits per heavy atom. The molecular formula is C73H78F8N8O31P4. The monoisotopic (exact) mass is 1840 g/mol. The molecule has 3 aromatic heterocycles.